The number of cyclic esters (lactones) is 1. The maximum absolute atomic E-state index is 12.6. The minimum Gasteiger partial charge on any atom is -0.444 e. The lowest BCUT2D eigenvalue weighted by Gasteiger charge is -2.35. The van der Waals surface area contributed by atoms with E-state index >= 15 is 0 Å². The predicted molar refractivity (Wildman–Crippen MR) is 97.8 cm³/mol. The number of carbonyl (C=O) groups excluding carboxylic acids is 2. The molecule has 4 rings (SSSR count). The molecular weight excluding hydrogens is 352 g/mol. The van der Waals surface area contributed by atoms with E-state index in [0.29, 0.717) is 19.6 Å². The van der Waals surface area contributed by atoms with E-state index in [0.717, 1.165) is 23.4 Å². The van der Waals surface area contributed by atoms with Crippen LogP contribution in [0, 0.1) is 0 Å². The highest BCUT2D eigenvalue weighted by Gasteiger charge is 2.36. The molecule has 2 aliphatic heterocycles. The van der Waals surface area contributed by atoms with Crippen molar-refractivity contribution in [3.63, 3.8) is 0 Å². The van der Waals surface area contributed by atoms with Gasteiger partial charge in [-0.25, -0.2) is 4.79 Å². The van der Waals surface area contributed by atoms with Gasteiger partial charge in [-0.2, -0.15) is 5.10 Å². The first-order valence-electron chi connectivity index (χ1n) is 8.92. The third kappa shape index (κ3) is 3.46. The first-order valence-corrected chi connectivity index (χ1v) is 9.80. The Labute approximate surface area is 156 Å². The summed E-state index contributed by atoms with van der Waals surface area (Å²) >= 11 is 1.64. The molecule has 138 valence electrons. The van der Waals surface area contributed by atoms with Crippen LogP contribution in [0.25, 0.3) is 10.6 Å². The lowest BCUT2D eigenvalue weighted by Crippen LogP contribution is -2.47. The summed E-state index contributed by atoms with van der Waals surface area (Å²) in [5.74, 6) is 0.0710. The molecule has 0 N–H and O–H groups in total. The lowest BCUT2D eigenvalue weighted by molar-refractivity contribution is -0.133. The Morgan fingerprint density at radius 1 is 1.35 bits per heavy atom. The van der Waals surface area contributed by atoms with Gasteiger partial charge < -0.3 is 14.5 Å². The number of likely N-dealkylation sites (tertiary alicyclic amines) is 1. The summed E-state index contributed by atoms with van der Waals surface area (Å²) in [6.07, 6.45) is 3.18. The van der Waals surface area contributed by atoms with Crippen LogP contribution < -0.4 is 0 Å². The number of hydrogen-bond donors (Lipinski definition) is 0. The Morgan fingerprint density at radius 3 is 2.81 bits per heavy atom. The zero-order valence-electron chi connectivity index (χ0n) is 14.7. The summed E-state index contributed by atoms with van der Waals surface area (Å²) in [4.78, 5) is 29.2. The summed E-state index contributed by atoms with van der Waals surface area (Å²) in [5, 5.41) is 6.51. The third-order valence-corrected chi connectivity index (χ3v) is 5.85. The number of thiophene rings is 1. The quantitative estimate of drug-likeness (QED) is 0.824. The van der Waals surface area contributed by atoms with Crippen LogP contribution in [-0.2, 0) is 16.1 Å². The van der Waals surface area contributed by atoms with Crippen LogP contribution in [-0.4, -0.2) is 63.4 Å². The van der Waals surface area contributed by atoms with Gasteiger partial charge in [0.05, 0.1) is 11.4 Å². The van der Waals surface area contributed by atoms with Crippen molar-refractivity contribution in [1.29, 1.82) is 0 Å². The second-order valence-electron chi connectivity index (χ2n) is 6.83. The van der Waals surface area contributed by atoms with Crippen molar-refractivity contribution in [3.05, 3.63) is 29.8 Å². The number of rotatable bonds is 4. The Morgan fingerprint density at radius 2 is 2.15 bits per heavy atom. The molecule has 0 spiro atoms. The van der Waals surface area contributed by atoms with E-state index in [9.17, 15) is 9.59 Å². The summed E-state index contributed by atoms with van der Waals surface area (Å²) in [6, 6.07) is 6.12. The number of carbonyl (C=O) groups is 2. The molecule has 0 aliphatic carbocycles. The average molecular weight is 374 g/mol. The van der Waals surface area contributed by atoms with E-state index < -0.39 is 0 Å². The van der Waals surface area contributed by atoms with E-state index in [1.165, 1.54) is 0 Å². The van der Waals surface area contributed by atoms with Crippen molar-refractivity contribution in [2.24, 2.45) is 0 Å². The Kier molecular flexibility index (Phi) is 4.67. The molecule has 4 heterocycles. The van der Waals surface area contributed by atoms with Gasteiger partial charge in [-0.3, -0.25) is 9.48 Å². The highest BCUT2D eigenvalue weighted by molar-refractivity contribution is 7.13. The molecule has 26 heavy (non-hydrogen) atoms. The van der Waals surface area contributed by atoms with E-state index in [4.69, 9.17) is 4.74 Å². The van der Waals surface area contributed by atoms with Crippen LogP contribution in [0.4, 0.5) is 4.79 Å². The average Bonchev–Trinajstić information content (AvgIpc) is 3.36. The molecule has 7 nitrogen and oxygen atoms in total. The van der Waals surface area contributed by atoms with Gasteiger partial charge in [-0.1, -0.05) is 6.07 Å². The van der Waals surface area contributed by atoms with Gasteiger partial charge in [-0.05, 0) is 37.3 Å². The SMILES string of the molecule is CC1CN(C2CCN(C(=O)Cn3ccc(-c4cccs4)n3)CC2)C(=O)O1. The molecular formula is C18H22N4O3S. The maximum atomic E-state index is 12.6. The van der Waals surface area contributed by atoms with Crippen molar-refractivity contribution in [2.75, 3.05) is 19.6 Å². The number of aromatic nitrogens is 2. The molecule has 2 saturated heterocycles. The molecule has 8 heteroatoms. The zero-order chi connectivity index (χ0) is 18.1. The molecule has 1 unspecified atom stereocenters. The normalized spacial score (nSPS) is 21.3. The van der Waals surface area contributed by atoms with Crippen LogP contribution >= 0.6 is 11.3 Å². The van der Waals surface area contributed by atoms with Gasteiger partial charge in [0.15, 0.2) is 0 Å². The minimum absolute atomic E-state index is 0.0421. The zero-order valence-corrected chi connectivity index (χ0v) is 15.5. The Balaban J connectivity index is 1.31. The number of nitrogens with zero attached hydrogens (tertiary/aromatic N) is 4. The van der Waals surface area contributed by atoms with Crippen LogP contribution in [0.15, 0.2) is 29.8 Å². The van der Waals surface area contributed by atoms with E-state index in [1.807, 2.05) is 46.5 Å². The first-order chi connectivity index (χ1) is 12.6. The second-order valence-corrected chi connectivity index (χ2v) is 7.78. The number of piperidine rings is 1. The summed E-state index contributed by atoms with van der Waals surface area (Å²) in [5.41, 5.74) is 0.896. The molecule has 2 aromatic heterocycles. The fraction of sp³-hybridized carbons (Fsp3) is 0.500. The molecule has 1 atom stereocenters. The van der Waals surface area contributed by atoms with Crippen molar-refractivity contribution >= 4 is 23.3 Å². The van der Waals surface area contributed by atoms with Crippen molar-refractivity contribution in [1.82, 2.24) is 19.6 Å². The highest BCUT2D eigenvalue weighted by Crippen LogP contribution is 2.24. The summed E-state index contributed by atoms with van der Waals surface area (Å²) in [6.45, 7) is 4.14. The van der Waals surface area contributed by atoms with Crippen LogP contribution in [0.2, 0.25) is 0 Å². The smallest absolute Gasteiger partial charge is 0.410 e. The van der Waals surface area contributed by atoms with E-state index in [-0.39, 0.29) is 30.7 Å². The summed E-state index contributed by atoms with van der Waals surface area (Å²) in [7, 11) is 0. The van der Waals surface area contributed by atoms with Crippen LogP contribution in [0.3, 0.4) is 0 Å². The number of hydrogen-bond acceptors (Lipinski definition) is 5. The molecule has 2 aliphatic rings. The maximum Gasteiger partial charge on any atom is 0.410 e. The van der Waals surface area contributed by atoms with Gasteiger partial charge in [0.25, 0.3) is 0 Å². The highest BCUT2D eigenvalue weighted by atomic mass is 32.1. The molecule has 2 amide bonds. The molecule has 0 aromatic carbocycles. The monoisotopic (exact) mass is 374 g/mol. The van der Waals surface area contributed by atoms with Gasteiger partial charge in [0, 0.05) is 25.3 Å². The van der Waals surface area contributed by atoms with Crippen molar-refractivity contribution in [3.8, 4) is 10.6 Å². The molecule has 2 aromatic rings. The number of ether oxygens (including phenoxy) is 1. The van der Waals surface area contributed by atoms with Gasteiger partial charge >= 0.3 is 6.09 Å². The van der Waals surface area contributed by atoms with E-state index in [1.54, 1.807) is 16.0 Å². The van der Waals surface area contributed by atoms with Gasteiger partial charge in [-0.15, -0.1) is 11.3 Å². The van der Waals surface area contributed by atoms with Crippen LogP contribution in [0.5, 0.6) is 0 Å². The van der Waals surface area contributed by atoms with Gasteiger partial charge in [0.2, 0.25) is 5.91 Å². The topological polar surface area (TPSA) is 67.7 Å². The minimum atomic E-state index is -0.222. The van der Waals surface area contributed by atoms with Gasteiger partial charge in [0.1, 0.15) is 18.3 Å². The van der Waals surface area contributed by atoms with Crippen LogP contribution in [0.1, 0.15) is 19.8 Å². The molecule has 2 fully saturated rings. The lowest BCUT2D eigenvalue weighted by atomic mass is 10.0. The number of amides is 2. The molecule has 0 bridgehead atoms. The second kappa shape index (κ2) is 7.11. The van der Waals surface area contributed by atoms with Crippen molar-refractivity contribution in [2.45, 2.75) is 38.5 Å². The fourth-order valence-corrected chi connectivity index (χ4v) is 4.29. The van der Waals surface area contributed by atoms with E-state index in [2.05, 4.69) is 5.10 Å². The Bertz CT molecular complexity index is 780. The molecule has 0 radical (unpaired) electrons. The third-order valence-electron chi connectivity index (χ3n) is 4.96. The molecule has 0 saturated carbocycles. The predicted octanol–water partition coefficient (Wildman–Crippen LogP) is 2.44. The summed E-state index contributed by atoms with van der Waals surface area (Å²) < 4.78 is 6.91. The standard InChI is InChI=1S/C18H22N4O3S/c1-13-11-22(18(24)25-13)14-4-7-20(8-5-14)17(23)12-21-9-6-15(19-21)16-3-2-10-26-16/h2-3,6,9-10,13-14H,4-5,7-8,11-12H2,1H3. The Hall–Kier alpha value is -2.35. The van der Waals surface area contributed by atoms with Crippen molar-refractivity contribution < 1.29 is 14.3 Å². The fourth-order valence-electron chi connectivity index (χ4n) is 3.60. The largest absolute Gasteiger partial charge is 0.444 e. The first kappa shape index (κ1) is 17.1.